The highest BCUT2D eigenvalue weighted by Gasteiger charge is 2.21. The van der Waals surface area contributed by atoms with E-state index in [-0.39, 0.29) is 36.8 Å². The highest BCUT2D eigenvalue weighted by atomic mass is 35.5. The number of carbonyl (C=O) groups excluding carboxylic acids is 1. The first-order chi connectivity index (χ1) is 13.3. The molecule has 28 heavy (non-hydrogen) atoms. The summed E-state index contributed by atoms with van der Waals surface area (Å²) in [5.41, 5.74) is -0.321. The number of para-hydroxylation sites is 1. The van der Waals surface area contributed by atoms with Crippen molar-refractivity contribution >= 4 is 28.7 Å². The Labute approximate surface area is 165 Å². The highest BCUT2D eigenvalue weighted by molar-refractivity contribution is 6.32. The van der Waals surface area contributed by atoms with Crippen molar-refractivity contribution in [2.45, 2.75) is 33.9 Å². The summed E-state index contributed by atoms with van der Waals surface area (Å²) < 4.78 is 8.83. The number of hydrogen-bond acceptors (Lipinski definition) is 5. The predicted octanol–water partition coefficient (Wildman–Crippen LogP) is 2.22. The molecule has 0 radical (unpaired) electrons. The van der Waals surface area contributed by atoms with E-state index in [4.69, 9.17) is 16.3 Å². The van der Waals surface area contributed by atoms with Crippen LogP contribution in [0.5, 0.6) is 0 Å². The summed E-state index contributed by atoms with van der Waals surface area (Å²) in [4.78, 5) is 42.4. The predicted molar refractivity (Wildman–Crippen MR) is 106 cm³/mol. The quantitative estimate of drug-likeness (QED) is 0.588. The van der Waals surface area contributed by atoms with E-state index in [1.165, 1.54) is 15.5 Å². The van der Waals surface area contributed by atoms with E-state index in [1.54, 1.807) is 31.2 Å². The van der Waals surface area contributed by atoms with Crippen molar-refractivity contribution in [3.8, 4) is 5.69 Å². The van der Waals surface area contributed by atoms with Crippen molar-refractivity contribution < 1.29 is 9.53 Å². The van der Waals surface area contributed by atoms with Gasteiger partial charge >= 0.3 is 11.7 Å². The number of imidazole rings is 1. The Hall–Kier alpha value is -2.87. The van der Waals surface area contributed by atoms with Crippen LogP contribution in [0.4, 0.5) is 0 Å². The van der Waals surface area contributed by atoms with Crippen molar-refractivity contribution in [3.63, 3.8) is 0 Å². The van der Waals surface area contributed by atoms with Crippen molar-refractivity contribution in [2.75, 3.05) is 6.61 Å². The number of aromatic nitrogens is 4. The third-order valence-corrected chi connectivity index (χ3v) is 4.47. The third kappa shape index (κ3) is 3.60. The third-order valence-electron chi connectivity index (χ3n) is 4.15. The van der Waals surface area contributed by atoms with Crippen molar-refractivity contribution in [2.24, 2.45) is 5.92 Å². The molecule has 3 rings (SSSR count). The summed E-state index contributed by atoms with van der Waals surface area (Å²) in [5, 5.41) is 0.348. The van der Waals surface area contributed by atoms with Gasteiger partial charge in [0.15, 0.2) is 11.2 Å². The molecule has 0 amide bonds. The Balaban J connectivity index is 2.35. The molecular weight excluding hydrogens is 384 g/mol. The van der Waals surface area contributed by atoms with Gasteiger partial charge in [0, 0.05) is 6.54 Å². The maximum absolute atomic E-state index is 13.2. The zero-order valence-corrected chi connectivity index (χ0v) is 16.6. The summed E-state index contributed by atoms with van der Waals surface area (Å²) >= 11 is 6.31. The lowest BCUT2D eigenvalue weighted by molar-refractivity contribution is -0.143. The molecule has 1 aromatic carbocycles. The van der Waals surface area contributed by atoms with Crippen LogP contribution in [0.1, 0.15) is 20.8 Å². The minimum atomic E-state index is -0.527. The Morgan fingerprint density at radius 2 is 1.96 bits per heavy atom. The number of ether oxygens (including phenoxy) is 1. The number of benzene rings is 1. The fourth-order valence-electron chi connectivity index (χ4n) is 3.02. The Bertz CT molecular complexity index is 1140. The van der Waals surface area contributed by atoms with Gasteiger partial charge in [0.05, 0.1) is 23.6 Å². The molecule has 0 unspecified atom stereocenters. The molecule has 0 bridgehead atoms. The number of carbonyl (C=O) groups is 1. The van der Waals surface area contributed by atoms with Gasteiger partial charge < -0.3 is 9.30 Å². The number of rotatable bonds is 6. The van der Waals surface area contributed by atoms with Crippen LogP contribution in [0.15, 0.2) is 40.2 Å². The lowest BCUT2D eigenvalue weighted by Gasteiger charge is -2.14. The molecule has 0 atom stereocenters. The average Bonchev–Trinajstić information content (AvgIpc) is 3.03. The first-order valence-corrected chi connectivity index (χ1v) is 9.34. The van der Waals surface area contributed by atoms with E-state index in [1.807, 2.05) is 13.8 Å². The van der Waals surface area contributed by atoms with Crippen LogP contribution in [0, 0.1) is 5.92 Å². The SMILES string of the molecule is CCOC(=O)Cn1cnc2c1c(=O)n(CC(C)C)c(=O)n2-c1ccccc1Cl. The topological polar surface area (TPSA) is 88.1 Å². The van der Waals surface area contributed by atoms with Gasteiger partial charge in [-0.2, -0.15) is 0 Å². The van der Waals surface area contributed by atoms with Gasteiger partial charge in [-0.05, 0) is 25.0 Å². The largest absolute Gasteiger partial charge is 0.465 e. The van der Waals surface area contributed by atoms with Gasteiger partial charge in [0.1, 0.15) is 6.54 Å². The smallest absolute Gasteiger partial charge is 0.337 e. The average molecular weight is 405 g/mol. The van der Waals surface area contributed by atoms with Crippen LogP contribution in [0.2, 0.25) is 5.02 Å². The summed E-state index contributed by atoms with van der Waals surface area (Å²) in [6, 6.07) is 6.82. The standard InChI is InChI=1S/C19H21ClN4O4/c1-4-28-15(25)10-22-11-21-17-16(22)18(26)23(9-12(2)3)19(27)24(17)14-8-6-5-7-13(14)20/h5-8,11-12H,4,9-10H2,1-3H3. The molecular formula is C19H21ClN4O4. The number of hydrogen-bond donors (Lipinski definition) is 0. The van der Waals surface area contributed by atoms with E-state index in [0.717, 1.165) is 4.57 Å². The second-order valence-corrected chi connectivity index (χ2v) is 7.14. The van der Waals surface area contributed by atoms with Crippen LogP contribution in [-0.4, -0.2) is 31.3 Å². The van der Waals surface area contributed by atoms with Crippen molar-refractivity contribution in [1.29, 1.82) is 0 Å². The van der Waals surface area contributed by atoms with Crippen LogP contribution < -0.4 is 11.2 Å². The molecule has 2 aromatic heterocycles. The molecule has 0 spiro atoms. The molecule has 0 aliphatic rings. The van der Waals surface area contributed by atoms with E-state index in [9.17, 15) is 14.4 Å². The summed E-state index contributed by atoms with van der Waals surface area (Å²) in [7, 11) is 0. The first-order valence-electron chi connectivity index (χ1n) is 8.96. The van der Waals surface area contributed by atoms with Crippen LogP contribution in [-0.2, 0) is 22.6 Å². The first kappa shape index (κ1) is 19.9. The second-order valence-electron chi connectivity index (χ2n) is 6.73. The molecule has 0 fully saturated rings. The van der Waals surface area contributed by atoms with Crippen LogP contribution >= 0.6 is 11.6 Å². The number of halogens is 1. The number of esters is 1. The van der Waals surface area contributed by atoms with E-state index in [0.29, 0.717) is 10.7 Å². The van der Waals surface area contributed by atoms with Crippen molar-refractivity contribution in [1.82, 2.24) is 18.7 Å². The van der Waals surface area contributed by atoms with Gasteiger partial charge in [-0.1, -0.05) is 37.6 Å². The molecule has 9 heteroatoms. The van der Waals surface area contributed by atoms with Gasteiger partial charge in [-0.25, -0.2) is 14.3 Å². The van der Waals surface area contributed by atoms with Gasteiger partial charge in [0.2, 0.25) is 0 Å². The summed E-state index contributed by atoms with van der Waals surface area (Å²) in [5.74, 6) is -0.434. The number of fused-ring (bicyclic) bond motifs is 1. The zero-order chi connectivity index (χ0) is 20.4. The molecule has 8 nitrogen and oxygen atoms in total. The van der Waals surface area contributed by atoms with Gasteiger partial charge in [-0.15, -0.1) is 0 Å². The lowest BCUT2D eigenvalue weighted by atomic mass is 10.2. The highest BCUT2D eigenvalue weighted by Crippen LogP contribution is 2.21. The Morgan fingerprint density at radius 1 is 1.25 bits per heavy atom. The minimum absolute atomic E-state index is 0.0592. The summed E-state index contributed by atoms with van der Waals surface area (Å²) in [6.45, 7) is 5.80. The minimum Gasteiger partial charge on any atom is -0.465 e. The second kappa shape index (κ2) is 8.02. The molecule has 0 saturated heterocycles. The fourth-order valence-corrected chi connectivity index (χ4v) is 3.24. The molecule has 0 aliphatic carbocycles. The molecule has 3 aromatic rings. The Morgan fingerprint density at radius 3 is 2.61 bits per heavy atom. The molecule has 0 aliphatic heterocycles. The Kier molecular flexibility index (Phi) is 5.69. The monoisotopic (exact) mass is 404 g/mol. The van der Waals surface area contributed by atoms with E-state index in [2.05, 4.69) is 4.98 Å². The van der Waals surface area contributed by atoms with Crippen LogP contribution in [0.25, 0.3) is 16.9 Å². The van der Waals surface area contributed by atoms with E-state index >= 15 is 0 Å². The molecule has 0 N–H and O–H groups in total. The van der Waals surface area contributed by atoms with Crippen molar-refractivity contribution in [3.05, 3.63) is 56.5 Å². The van der Waals surface area contributed by atoms with Gasteiger partial charge in [-0.3, -0.25) is 14.2 Å². The summed E-state index contributed by atoms with van der Waals surface area (Å²) in [6.07, 6.45) is 1.36. The number of nitrogens with zero attached hydrogens (tertiary/aromatic N) is 4. The maximum Gasteiger partial charge on any atom is 0.337 e. The van der Waals surface area contributed by atoms with Gasteiger partial charge in [0.25, 0.3) is 5.56 Å². The fraction of sp³-hybridized carbons (Fsp3) is 0.368. The lowest BCUT2D eigenvalue weighted by Crippen LogP contribution is -2.41. The zero-order valence-electron chi connectivity index (χ0n) is 15.9. The molecule has 0 saturated carbocycles. The maximum atomic E-state index is 13.2. The molecule has 148 valence electrons. The van der Waals surface area contributed by atoms with Crippen LogP contribution in [0.3, 0.4) is 0 Å². The normalized spacial score (nSPS) is 11.3. The van der Waals surface area contributed by atoms with E-state index < -0.39 is 17.2 Å². The molecule has 2 heterocycles.